The number of aryl methyl sites for hydroxylation is 1. The Labute approximate surface area is 136 Å². The van der Waals surface area contributed by atoms with E-state index in [1.54, 1.807) is 11.3 Å². The van der Waals surface area contributed by atoms with Crippen LogP contribution in [0.2, 0.25) is 0 Å². The molecule has 0 saturated carbocycles. The van der Waals surface area contributed by atoms with Crippen molar-refractivity contribution in [2.24, 2.45) is 5.10 Å². The molecule has 3 rings (SSSR count). The lowest BCUT2D eigenvalue weighted by Crippen LogP contribution is -2.26. The summed E-state index contributed by atoms with van der Waals surface area (Å²) < 4.78 is 5.46. The molecule has 1 aliphatic rings. The quantitative estimate of drug-likeness (QED) is 0.825. The van der Waals surface area contributed by atoms with E-state index in [2.05, 4.69) is 36.3 Å². The zero-order valence-electron chi connectivity index (χ0n) is 13.7. The number of nitrogens with zero attached hydrogens (tertiary/aromatic N) is 2. The maximum absolute atomic E-state index is 12.5. The Kier molecular flexibility index (Phi) is 4.60. The average Bonchev–Trinajstić information content (AvgIpc) is 3.24. The summed E-state index contributed by atoms with van der Waals surface area (Å²) in [7, 11) is 0. The Morgan fingerprint density at radius 2 is 2.04 bits per heavy atom. The standard InChI is InChI=1S/C19H22N2O2/c1-3-6-19(22)21-17(15-10-8-14(4-2)9-11-15)13-16(20-21)18-7-5-12-23-18/h5,7-12,17H,3-4,6,13H2,1-2H3/t17-/m0/s1. The summed E-state index contributed by atoms with van der Waals surface area (Å²) in [4.78, 5) is 12.5. The van der Waals surface area contributed by atoms with Gasteiger partial charge in [0.25, 0.3) is 0 Å². The highest BCUT2D eigenvalue weighted by molar-refractivity contribution is 6.01. The third kappa shape index (κ3) is 3.21. The second-order valence-electron chi connectivity index (χ2n) is 5.83. The molecule has 2 heterocycles. The minimum absolute atomic E-state index is 0.0416. The highest BCUT2D eigenvalue weighted by atomic mass is 16.3. The number of rotatable bonds is 5. The van der Waals surface area contributed by atoms with Crippen LogP contribution in [0, 0.1) is 0 Å². The lowest BCUT2D eigenvalue weighted by Gasteiger charge is -2.22. The first kappa shape index (κ1) is 15.5. The van der Waals surface area contributed by atoms with Gasteiger partial charge in [0.1, 0.15) is 11.5 Å². The summed E-state index contributed by atoms with van der Waals surface area (Å²) in [5.41, 5.74) is 3.26. The van der Waals surface area contributed by atoms with Crippen LogP contribution in [0.5, 0.6) is 0 Å². The summed E-state index contributed by atoms with van der Waals surface area (Å²) in [6.07, 6.45) is 4.67. The molecular weight excluding hydrogens is 288 g/mol. The van der Waals surface area contributed by atoms with E-state index < -0.39 is 0 Å². The zero-order valence-corrected chi connectivity index (χ0v) is 13.7. The van der Waals surface area contributed by atoms with Crippen LogP contribution in [0.15, 0.2) is 52.2 Å². The minimum Gasteiger partial charge on any atom is -0.463 e. The number of hydrogen-bond acceptors (Lipinski definition) is 3. The van der Waals surface area contributed by atoms with Crippen molar-refractivity contribution in [2.75, 3.05) is 0 Å². The fourth-order valence-electron chi connectivity index (χ4n) is 2.90. The molecule has 23 heavy (non-hydrogen) atoms. The number of carbonyl (C=O) groups excluding carboxylic acids is 1. The van der Waals surface area contributed by atoms with Gasteiger partial charge < -0.3 is 4.42 Å². The second kappa shape index (κ2) is 6.82. The summed E-state index contributed by atoms with van der Waals surface area (Å²) in [6.45, 7) is 4.15. The van der Waals surface area contributed by atoms with Gasteiger partial charge >= 0.3 is 0 Å². The van der Waals surface area contributed by atoms with Gasteiger partial charge in [-0.15, -0.1) is 0 Å². The molecule has 0 fully saturated rings. The molecular formula is C19H22N2O2. The minimum atomic E-state index is -0.0416. The summed E-state index contributed by atoms with van der Waals surface area (Å²) >= 11 is 0. The highest BCUT2D eigenvalue weighted by Gasteiger charge is 2.33. The Morgan fingerprint density at radius 1 is 1.26 bits per heavy atom. The van der Waals surface area contributed by atoms with E-state index in [0.717, 1.165) is 29.9 Å². The predicted molar refractivity (Wildman–Crippen MR) is 90.2 cm³/mol. The van der Waals surface area contributed by atoms with Crippen LogP contribution in [0.1, 0.15) is 56.0 Å². The molecule has 2 aromatic rings. The molecule has 1 amide bonds. The van der Waals surface area contributed by atoms with Gasteiger partial charge in [0.15, 0.2) is 0 Å². The molecule has 1 atom stereocenters. The SMILES string of the molecule is CCCC(=O)N1N=C(c2ccco2)C[C@H]1c1ccc(CC)cc1. The van der Waals surface area contributed by atoms with Crippen molar-refractivity contribution < 1.29 is 9.21 Å². The van der Waals surface area contributed by atoms with Crippen molar-refractivity contribution in [1.29, 1.82) is 0 Å². The molecule has 120 valence electrons. The van der Waals surface area contributed by atoms with E-state index in [4.69, 9.17) is 4.42 Å². The third-order valence-corrected chi connectivity index (χ3v) is 4.21. The molecule has 0 bridgehead atoms. The molecule has 0 unspecified atom stereocenters. The van der Waals surface area contributed by atoms with E-state index >= 15 is 0 Å². The largest absolute Gasteiger partial charge is 0.463 e. The monoisotopic (exact) mass is 310 g/mol. The van der Waals surface area contributed by atoms with Crippen molar-refractivity contribution in [3.63, 3.8) is 0 Å². The highest BCUT2D eigenvalue weighted by Crippen LogP contribution is 2.33. The van der Waals surface area contributed by atoms with Gasteiger partial charge in [-0.1, -0.05) is 38.1 Å². The summed E-state index contributed by atoms with van der Waals surface area (Å²) in [6, 6.07) is 12.2. The van der Waals surface area contributed by atoms with Gasteiger partial charge in [-0.3, -0.25) is 4.79 Å². The van der Waals surface area contributed by atoms with Crippen LogP contribution in [0.4, 0.5) is 0 Å². The van der Waals surface area contributed by atoms with E-state index in [-0.39, 0.29) is 11.9 Å². The first-order chi connectivity index (χ1) is 11.2. The van der Waals surface area contributed by atoms with Gasteiger partial charge in [-0.2, -0.15) is 5.10 Å². The van der Waals surface area contributed by atoms with Crippen LogP contribution in [-0.4, -0.2) is 16.6 Å². The van der Waals surface area contributed by atoms with Crippen LogP contribution < -0.4 is 0 Å². The number of carbonyl (C=O) groups is 1. The smallest absolute Gasteiger partial charge is 0.243 e. The van der Waals surface area contributed by atoms with Crippen LogP contribution in [0.3, 0.4) is 0 Å². The number of amides is 1. The van der Waals surface area contributed by atoms with E-state index in [9.17, 15) is 4.79 Å². The van der Waals surface area contributed by atoms with Gasteiger partial charge in [0, 0.05) is 12.8 Å². The van der Waals surface area contributed by atoms with E-state index in [0.29, 0.717) is 12.8 Å². The van der Waals surface area contributed by atoms with E-state index in [1.165, 1.54) is 5.56 Å². The third-order valence-electron chi connectivity index (χ3n) is 4.21. The molecule has 4 heteroatoms. The molecule has 1 aromatic carbocycles. The topological polar surface area (TPSA) is 45.8 Å². The predicted octanol–water partition coefficient (Wildman–Crippen LogP) is 4.32. The van der Waals surface area contributed by atoms with Crippen molar-refractivity contribution in [3.05, 3.63) is 59.5 Å². The molecule has 1 aromatic heterocycles. The maximum atomic E-state index is 12.5. The van der Waals surface area contributed by atoms with E-state index in [1.807, 2.05) is 19.1 Å². The molecule has 0 radical (unpaired) electrons. The van der Waals surface area contributed by atoms with Crippen LogP contribution >= 0.6 is 0 Å². The molecule has 4 nitrogen and oxygen atoms in total. The molecule has 0 saturated heterocycles. The number of benzene rings is 1. The number of hydrazone groups is 1. The number of furan rings is 1. The molecule has 0 N–H and O–H groups in total. The van der Waals surface area contributed by atoms with Crippen molar-refractivity contribution in [1.82, 2.24) is 5.01 Å². The molecule has 0 spiro atoms. The van der Waals surface area contributed by atoms with Crippen molar-refractivity contribution >= 4 is 11.6 Å². The van der Waals surface area contributed by atoms with Gasteiger partial charge in [-0.05, 0) is 36.1 Å². The molecule has 0 aliphatic carbocycles. The van der Waals surface area contributed by atoms with Gasteiger partial charge in [0.2, 0.25) is 5.91 Å². The fraction of sp³-hybridized carbons (Fsp3) is 0.368. The first-order valence-corrected chi connectivity index (χ1v) is 8.25. The normalized spacial score (nSPS) is 17.4. The Bertz CT molecular complexity index is 687. The van der Waals surface area contributed by atoms with Crippen molar-refractivity contribution in [3.8, 4) is 0 Å². The van der Waals surface area contributed by atoms with Gasteiger partial charge in [-0.25, -0.2) is 5.01 Å². The summed E-state index contributed by atoms with van der Waals surface area (Å²) in [5, 5.41) is 6.20. The maximum Gasteiger partial charge on any atom is 0.243 e. The Morgan fingerprint density at radius 3 is 2.65 bits per heavy atom. The average molecular weight is 310 g/mol. The van der Waals surface area contributed by atoms with Gasteiger partial charge in [0.05, 0.1) is 12.3 Å². The Balaban J connectivity index is 1.89. The summed E-state index contributed by atoms with van der Waals surface area (Å²) in [5.74, 6) is 0.811. The first-order valence-electron chi connectivity index (χ1n) is 8.25. The number of hydrogen-bond donors (Lipinski definition) is 0. The zero-order chi connectivity index (χ0) is 16.2. The molecule has 1 aliphatic heterocycles. The lowest BCUT2D eigenvalue weighted by atomic mass is 9.99. The lowest BCUT2D eigenvalue weighted by molar-refractivity contribution is -0.133. The second-order valence-corrected chi connectivity index (χ2v) is 5.83. The van der Waals surface area contributed by atoms with Crippen LogP contribution in [-0.2, 0) is 11.2 Å². The van der Waals surface area contributed by atoms with Crippen molar-refractivity contribution in [2.45, 2.75) is 45.6 Å². The fourth-order valence-corrected chi connectivity index (χ4v) is 2.90. The Hall–Kier alpha value is -2.36. The van der Waals surface area contributed by atoms with Crippen LogP contribution in [0.25, 0.3) is 0 Å².